The summed E-state index contributed by atoms with van der Waals surface area (Å²) in [6.07, 6.45) is 2.47. The highest BCUT2D eigenvalue weighted by Gasteiger charge is 2.25. The van der Waals surface area contributed by atoms with Gasteiger partial charge in [-0.3, -0.25) is 4.90 Å². The van der Waals surface area contributed by atoms with Crippen LogP contribution in [0.25, 0.3) is 11.0 Å². The Labute approximate surface area is 163 Å². The summed E-state index contributed by atoms with van der Waals surface area (Å²) < 4.78 is 0. The molecule has 0 spiro atoms. The average molecular weight is 384 g/mol. The number of fused-ring (bicyclic) bond motifs is 1. The van der Waals surface area contributed by atoms with Crippen LogP contribution in [-0.4, -0.2) is 40.5 Å². The largest absolute Gasteiger partial charge is 0.340 e. The predicted molar refractivity (Wildman–Crippen MR) is 109 cm³/mol. The Morgan fingerprint density at radius 3 is 2.81 bits per heavy atom. The Kier molecular flexibility index (Phi) is 5.40. The molecular weight excluding hydrogens is 358 g/mol. The summed E-state index contributed by atoms with van der Waals surface area (Å²) in [5, 5.41) is 8.14. The van der Waals surface area contributed by atoms with Crippen LogP contribution >= 0.6 is 11.3 Å². The molecule has 3 aromatic rings. The molecule has 7 heteroatoms. The predicted octanol–water partition coefficient (Wildman–Crippen LogP) is 3.82. The molecule has 2 amide bonds. The second-order valence-corrected chi connectivity index (χ2v) is 7.97. The van der Waals surface area contributed by atoms with Crippen LogP contribution in [0.4, 0.5) is 4.79 Å². The van der Waals surface area contributed by atoms with Gasteiger partial charge in [-0.1, -0.05) is 18.2 Å². The van der Waals surface area contributed by atoms with Crippen molar-refractivity contribution in [3.63, 3.8) is 0 Å². The van der Waals surface area contributed by atoms with E-state index in [-0.39, 0.29) is 18.1 Å². The molecule has 0 bridgehead atoms. The smallest absolute Gasteiger partial charge is 0.315 e. The molecule has 0 radical (unpaired) electrons. The molecule has 27 heavy (non-hydrogen) atoms. The van der Waals surface area contributed by atoms with E-state index in [0.717, 1.165) is 29.9 Å². The number of benzene rings is 1. The van der Waals surface area contributed by atoms with Gasteiger partial charge in [-0.2, -0.15) is 0 Å². The highest BCUT2D eigenvalue weighted by molar-refractivity contribution is 7.10. The molecule has 1 fully saturated rings. The molecule has 1 saturated heterocycles. The second-order valence-electron chi connectivity index (χ2n) is 6.99. The lowest BCUT2D eigenvalue weighted by molar-refractivity contribution is 0.220. The van der Waals surface area contributed by atoms with Crippen molar-refractivity contribution in [2.75, 3.05) is 19.6 Å². The number of hydrogen-bond acceptors (Lipinski definition) is 4. The van der Waals surface area contributed by atoms with E-state index in [0.29, 0.717) is 6.54 Å². The molecule has 2 atom stereocenters. The van der Waals surface area contributed by atoms with Gasteiger partial charge in [0.2, 0.25) is 0 Å². The summed E-state index contributed by atoms with van der Waals surface area (Å²) in [5.41, 5.74) is 1.89. The van der Waals surface area contributed by atoms with Crippen LogP contribution in [0.15, 0.2) is 41.8 Å². The molecule has 3 N–H and O–H groups in total. The van der Waals surface area contributed by atoms with E-state index < -0.39 is 0 Å². The molecule has 2 unspecified atom stereocenters. The Morgan fingerprint density at radius 2 is 2.07 bits per heavy atom. The number of urea groups is 1. The first-order chi connectivity index (χ1) is 13.2. The number of rotatable bonds is 6. The Bertz CT molecular complexity index is 852. The molecule has 1 aliphatic heterocycles. The maximum Gasteiger partial charge on any atom is 0.315 e. The lowest BCUT2D eigenvalue weighted by atomic mass is 10.2. The number of carbonyl (C=O) groups excluding carboxylic acids is 1. The van der Waals surface area contributed by atoms with Gasteiger partial charge in [-0.25, -0.2) is 9.78 Å². The Morgan fingerprint density at radius 1 is 1.26 bits per heavy atom. The average Bonchev–Trinajstić information content (AvgIpc) is 3.43. The third-order valence-corrected chi connectivity index (χ3v) is 6.05. The van der Waals surface area contributed by atoms with E-state index in [1.807, 2.05) is 31.2 Å². The number of thiophene rings is 1. The topological polar surface area (TPSA) is 73.1 Å². The van der Waals surface area contributed by atoms with Crippen molar-refractivity contribution in [3.8, 4) is 0 Å². The second kappa shape index (κ2) is 8.10. The summed E-state index contributed by atoms with van der Waals surface area (Å²) in [7, 11) is 0. The number of H-pyrrole nitrogens is 1. The molecule has 3 heterocycles. The Balaban J connectivity index is 1.36. The van der Waals surface area contributed by atoms with Crippen molar-refractivity contribution in [3.05, 3.63) is 52.5 Å². The van der Waals surface area contributed by atoms with Crippen LogP contribution in [0.5, 0.6) is 0 Å². The van der Waals surface area contributed by atoms with Gasteiger partial charge in [0.1, 0.15) is 5.82 Å². The first-order valence-electron chi connectivity index (χ1n) is 9.47. The first-order valence-corrected chi connectivity index (χ1v) is 10.3. The van der Waals surface area contributed by atoms with Crippen LogP contribution in [0.3, 0.4) is 0 Å². The zero-order chi connectivity index (χ0) is 18.6. The van der Waals surface area contributed by atoms with Gasteiger partial charge >= 0.3 is 6.03 Å². The van der Waals surface area contributed by atoms with E-state index in [2.05, 4.69) is 43.0 Å². The Hall–Kier alpha value is -2.38. The molecule has 6 nitrogen and oxygen atoms in total. The van der Waals surface area contributed by atoms with Crippen molar-refractivity contribution >= 4 is 28.4 Å². The minimum atomic E-state index is -0.190. The van der Waals surface area contributed by atoms with Crippen LogP contribution in [0.1, 0.15) is 42.6 Å². The number of aromatic amines is 1. The van der Waals surface area contributed by atoms with E-state index >= 15 is 0 Å². The molecule has 142 valence electrons. The van der Waals surface area contributed by atoms with Crippen molar-refractivity contribution in [2.45, 2.75) is 31.8 Å². The number of carbonyl (C=O) groups is 1. The number of nitrogens with zero attached hydrogens (tertiary/aromatic N) is 2. The van der Waals surface area contributed by atoms with E-state index in [1.54, 1.807) is 11.3 Å². The van der Waals surface area contributed by atoms with Gasteiger partial charge < -0.3 is 15.6 Å². The van der Waals surface area contributed by atoms with Crippen LogP contribution in [-0.2, 0) is 0 Å². The van der Waals surface area contributed by atoms with Crippen molar-refractivity contribution in [2.24, 2.45) is 0 Å². The zero-order valence-electron chi connectivity index (χ0n) is 15.4. The lowest BCUT2D eigenvalue weighted by Gasteiger charge is -2.27. The molecule has 0 aliphatic carbocycles. The summed E-state index contributed by atoms with van der Waals surface area (Å²) in [6, 6.07) is 12.0. The highest BCUT2D eigenvalue weighted by Crippen LogP contribution is 2.27. The number of nitrogens with one attached hydrogen (secondary N) is 3. The molecule has 0 saturated carbocycles. The molecule has 2 aromatic heterocycles. The maximum atomic E-state index is 12.5. The van der Waals surface area contributed by atoms with Crippen molar-refractivity contribution in [1.82, 2.24) is 25.5 Å². The standard InChI is InChI=1S/C20H25N5OS/c1-14(19-23-15-7-2-3-8-16(15)24-19)22-20(26)21-13-17(18-9-6-12-27-18)25-10-4-5-11-25/h2-3,6-9,12,14,17H,4-5,10-11,13H2,1H3,(H,23,24)(H2,21,22,26). The SMILES string of the molecule is CC(NC(=O)NCC(c1cccs1)N1CCCC1)c1nc2ccccc2[nH]1. The summed E-state index contributed by atoms with van der Waals surface area (Å²) in [6.45, 7) is 4.75. The maximum absolute atomic E-state index is 12.5. The normalized spacial score (nSPS) is 17.1. The fourth-order valence-corrected chi connectivity index (χ4v) is 4.49. The first kappa shape index (κ1) is 18.0. The number of imidazole rings is 1. The van der Waals surface area contributed by atoms with Gasteiger partial charge in [0.05, 0.1) is 23.1 Å². The molecular formula is C20H25N5OS. The van der Waals surface area contributed by atoms with Gasteiger partial charge in [-0.05, 0) is 56.4 Å². The van der Waals surface area contributed by atoms with Gasteiger partial charge in [0.25, 0.3) is 0 Å². The number of amides is 2. The molecule has 1 aromatic carbocycles. The monoisotopic (exact) mass is 383 g/mol. The minimum absolute atomic E-state index is 0.163. The zero-order valence-corrected chi connectivity index (χ0v) is 16.3. The van der Waals surface area contributed by atoms with Crippen molar-refractivity contribution in [1.29, 1.82) is 0 Å². The summed E-state index contributed by atoms with van der Waals surface area (Å²) >= 11 is 1.75. The quantitative estimate of drug-likeness (QED) is 0.606. The number of aromatic nitrogens is 2. The third-order valence-electron chi connectivity index (χ3n) is 5.07. The summed E-state index contributed by atoms with van der Waals surface area (Å²) in [5.74, 6) is 0.765. The minimum Gasteiger partial charge on any atom is -0.340 e. The van der Waals surface area contributed by atoms with Crippen LogP contribution in [0, 0.1) is 0 Å². The van der Waals surface area contributed by atoms with E-state index in [1.165, 1.54) is 17.7 Å². The van der Waals surface area contributed by atoms with Gasteiger partial charge in [0.15, 0.2) is 0 Å². The number of hydrogen-bond donors (Lipinski definition) is 3. The van der Waals surface area contributed by atoms with E-state index in [4.69, 9.17) is 0 Å². The van der Waals surface area contributed by atoms with E-state index in [9.17, 15) is 4.79 Å². The van der Waals surface area contributed by atoms with Gasteiger partial charge in [0, 0.05) is 11.4 Å². The fourth-order valence-electron chi connectivity index (χ4n) is 3.63. The highest BCUT2D eigenvalue weighted by atomic mass is 32.1. The lowest BCUT2D eigenvalue weighted by Crippen LogP contribution is -2.42. The van der Waals surface area contributed by atoms with Crippen molar-refractivity contribution < 1.29 is 4.79 Å². The fraction of sp³-hybridized carbons (Fsp3) is 0.400. The molecule has 1 aliphatic rings. The number of para-hydroxylation sites is 2. The van der Waals surface area contributed by atoms with Gasteiger partial charge in [-0.15, -0.1) is 11.3 Å². The molecule has 4 rings (SSSR count). The van der Waals surface area contributed by atoms with Crippen LogP contribution < -0.4 is 10.6 Å². The summed E-state index contributed by atoms with van der Waals surface area (Å²) in [4.78, 5) is 24.1. The third kappa shape index (κ3) is 4.14. The number of likely N-dealkylation sites (tertiary alicyclic amines) is 1. The van der Waals surface area contributed by atoms with Crippen LogP contribution in [0.2, 0.25) is 0 Å².